The van der Waals surface area contributed by atoms with E-state index in [4.69, 9.17) is 19.9 Å². The van der Waals surface area contributed by atoms with Crippen molar-refractivity contribution in [2.75, 3.05) is 59.3 Å². The zero-order valence-electron chi connectivity index (χ0n) is 19.3. The molecule has 1 unspecified atom stereocenters. The van der Waals surface area contributed by atoms with Gasteiger partial charge in [-0.25, -0.2) is 4.79 Å². The Morgan fingerprint density at radius 1 is 1.00 bits per heavy atom. The summed E-state index contributed by atoms with van der Waals surface area (Å²) >= 11 is 0. The Bertz CT molecular complexity index is 481. The second-order valence-electron chi connectivity index (χ2n) is 7.98. The fourth-order valence-corrected chi connectivity index (χ4v) is 3.16. The van der Waals surface area contributed by atoms with E-state index < -0.39 is 0 Å². The topological polar surface area (TPSA) is 136 Å². The molecule has 0 saturated carbocycles. The van der Waals surface area contributed by atoms with Crippen molar-refractivity contribution >= 4 is 11.9 Å². The lowest BCUT2D eigenvalue weighted by molar-refractivity contribution is -0.121. The van der Waals surface area contributed by atoms with Crippen LogP contribution in [0.5, 0.6) is 0 Å². The third-order valence-corrected chi connectivity index (χ3v) is 4.90. The molecule has 182 valence electrons. The van der Waals surface area contributed by atoms with E-state index >= 15 is 0 Å². The van der Waals surface area contributed by atoms with Gasteiger partial charge in [-0.3, -0.25) is 4.79 Å². The average Bonchev–Trinajstić information content (AvgIpc) is 3.04. The molecule has 1 aliphatic heterocycles. The second-order valence-corrected chi connectivity index (χ2v) is 7.98. The van der Waals surface area contributed by atoms with Crippen LogP contribution in [0.1, 0.15) is 46.0 Å². The van der Waals surface area contributed by atoms with Crippen LogP contribution in [0.4, 0.5) is 4.79 Å². The van der Waals surface area contributed by atoms with E-state index in [0.29, 0.717) is 52.6 Å². The summed E-state index contributed by atoms with van der Waals surface area (Å²) in [6.07, 6.45) is 4.30. The molecule has 0 aromatic carbocycles. The van der Waals surface area contributed by atoms with E-state index in [1.54, 1.807) is 0 Å². The van der Waals surface area contributed by atoms with Gasteiger partial charge < -0.3 is 41.2 Å². The minimum atomic E-state index is -0.0862. The summed E-state index contributed by atoms with van der Waals surface area (Å²) in [5, 5.41) is 11.8. The fraction of sp³-hybridized carbons (Fsp3) is 0.905. The molecule has 1 fully saturated rings. The van der Waals surface area contributed by atoms with E-state index in [1.807, 2.05) is 13.8 Å². The van der Waals surface area contributed by atoms with Crippen LogP contribution in [0.25, 0.3) is 0 Å². The number of amides is 3. The minimum Gasteiger partial charge on any atom is -0.378 e. The van der Waals surface area contributed by atoms with Crippen LogP contribution in [0.2, 0.25) is 0 Å². The molecule has 3 atom stereocenters. The average molecular weight is 446 g/mol. The Morgan fingerprint density at radius 2 is 1.65 bits per heavy atom. The molecule has 10 nitrogen and oxygen atoms in total. The molecule has 1 aliphatic rings. The van der Waals surface area contributed by atoms with Crippen molar-refractivity contribution in [2.45, 2.75) is 64.1 Å². The van der Waals surface area contributed by atoms with Gasteiger partial charge in [-0.05, 0) is 26.7 Å². The first-order valence-corrected chi connectivity index (χ1v) is 11.5. The van der Waals surface area contributed by atoms with Crippen LogP contribution in [0, 0.1) is 0 Å². The summed E-state index contributed by atoms with van der Waals surface area (Å²) in [6, 6.07) is 0.440. The lowest BCUT2D eigenvalue weighted by atomic mass is 10.0. The lowest BCUT2D eigenvalue weighted by Crippen LogP contribution is -2.33. The van der Waals surface area contributed by atoms with Crippen molar-refractivity contribution in [1.29, 1.82) is 0 Å². The molecular formula is C21H43N5O5. The standard InChI is InChI=1S/C21H43N5O5/c1-17(22)16-23-8-10-29-12-14-31-15-13-30-11-9-24-20(27)7-5-3-4-6-19-18(2)25-21(28)26-19/h17-19,23H,3-16,22H2,1-2H3,(H,24,27)(H2,25,26,28)/t17?,18-,19+/m0/s1. The maximum Gasteiger partial charge on any atom is 0.315 e. The summed E-state index contributed by atoms with van der Waals surface area (Å²) in [4.78, 5) is 23.0. The monoisotopic (exact) mass is 445 g/mol. The molecule has 1 rings (SSSR count). The summed E-state index contributed by atoms with van der Waals surface area (Å²) in [5.41, 5.74) is 5.63. The molecule has 6 N–H and O–H groups in total. The van der Waals surface area contributed by atoms with E-state index in [2.05, 4.69) is 21.3 Å². The van der Waals surface area contributed by atoms with Gasteiger partial charge in [-0.1, -0.05) is 12.8 Å². The minimum absolute atomic E-state index is 0.0524. The van der Waals surface area contributed by atoms with Crippen LogP contribution in [-0.2, 0) is 19.0 Å². The molecule has 3 amide bonds. The molecule has 10 heteroatoms. The number of rotatable bonds is 20. The molecule has 0 radical (unpaired) electrons. The number of carbonyl (C=O) groups is 2. The maximum atomic E-state index is 11.8. The van der Waals surface area contributed by atoms with E-state index in [-0.39, 0.29) is 30.1 Å². The lowest BCUT2D eigenvalue weighted by Gasteiger charge is -2.13. The van der Waals surface area contributed by atoms with Crippen molar-refractivity contribution in [3.05, 3.63) is 0 Å². The zero-order valence-corrected chi connectivity index (χ0v) is 19.3. The number of hydrogen-bond acceptors (Lipinski definition) is 7. The highest BCUT2D eigenvalue weighted by Crippen LogP contribution is 2.11. The predicted octanol–water partition coefficient (Wildman–Crippen LogP) is 0.110. The summed E-state index contributed by atoms with van der Waals surface area (Å²) in [6.45, 7) is 9.26. The number of nitrogens with one attached hydrogen (secondary N) is 4. The van der Waals surface area contributed by atoms with Crippen LogP contribution < -0.4 is 27.0 Å². The van der Waals surface area contributed by atoms with Crippen LogP contribution in [0.3, 0.4) is 0 Å². The summed E-state index contributed by atoms with van der Waals surface area (Å²) < 4.78 is 16.3. The van der Waals surface area contributed by atoms with Gasteiger partial charge in [0.1, 0.15) is 0 Å². The molecule has 0 aliphatic carbocycles. The highest BCUT2D eigenvalue weighted by molar-refractivity contribution is 5.77. The van der Waals surface area contributed by atoms with Gasteiger partial charge in [0, 0.05) is 38.1 Å². The Kier molecular flexibility index (Phi) is 16.1. The Labute approximate surface area is 186 Å². The SMILES string of the molecule is CC(N)CNCCOCCOCCOCCNC(=O)CCCCC[C@H]1NC(=O)N[C@H]1C. The van der Waals surface area contributed by atoms with Crippen molar-refractivity contribution in [3.8, 4) is 0 Å². The van der Waals surface area contributed by atoms with Crippen LogP contribution in [0.15, 0.2) is 0 Å². The van der Waals surface area contributed by atoms with Crippen molar-refractivity contribution in [3.63, 3.8) is 0 Å². The molecule has 1 heterocycles. The van der Waals surface area contributed by atoms with Gasteiger partial charge in [0.2, 0.25) is 5.91 Å². The van der Waals surface area contributed by atoms with Gasteiger partial charge in [-0.15, -0.1) is 0 Å². The summed E-state index contributed by atoms with van der Waals surface area (Å²) in [5.74, 6) is 0.0524. The third-order valence-electron chi connectivity index (χ3n) is 4.90. The largest absolute Gasteiger partial charge is 0.378 e. The van der Waals surface area contributed by atoms with E-state index in [1.165, 1.54) is 0 Å². The molecule has 0 aromatic rings. The van der Waals surface area contributed by atoms with Crippen LogP contribution in [-0.4, -0.2) is 89.3 Å². The number of ether oxygens (including phenoxy) is 3. The van der Waals surface area contributed by atoms with Crippen LogP contribution >= 0.6 is 0 Å². The van der Waals surface area contributed by atoms with Gasteiger partial charge in [0.05, 0.1) is 45.7 Å². The van der Waals surface area contributed by atoms with Gasteiger partial charge in [-0.2, -0.15) is 0 Å². The fourth-order valence-electron chi connectivity index (χ4n) is 3.16. The predicted molar refractivity (Wildman–Crippen MR) is 120 cm³/mol. The molecule has 1 saturated heterocycles. The first kappa shape index (κ1) is 27.6. The number of urea groups is 1. The molecule has 31 heavy (non-hydrogen) atoms. The van der Waals surface area contributed by atoms with E-state index in [0.717, 1.165) is 38.8 Å². The number of carbonyl (C=O) groups excluding carboxylic acids is 2. The molecule has 0 aromatic heterocycles. The van der Waals surface area contributed by atoms with Gasteiger partial charge in [0.15, 0.2) is 0 Å². The highest BCUT2D eigenvalue weighted by Gasteiger charge is 2.26. The Morgan fingerprint density at radius 3 is 2.26 bits per heavy atom. The number of unbranched alkanes of at least 4 members (excludes halogenated alkanes) is 2. The van der Waals surface area contributed by atoms with Crippen molar-refractivity contribution in [1.82, 2.24) is 21.3 Å². The highest BCUT2D eigenvalue weighted by atomic mass is 16.5. The van der Waals surface area contributed by atoms with Crippen molar-refractivity contribution in [2.24, 2.45) is 5.73 Å². The Balaban J connectivity index is 1.76. The molecule has 0 bridgehead atoms. The van der Waals surface area contributed by atoms with E-state index in [9.17, 15) is 9.59 Å². The van der Waals surface area contributed by atoms with Gasteiger partial charge >= 0.3 is 6.03 Å². The normalized spacial score (nSPS) is 19.1. The summed E-state index contributed by atoms with van der Waals surface area (Å²) in [7, 11) is 0. The first-order chi connectivity index (χ1) is 15.0. The zero-order chi connectivity index (χ0) is 22.7. The third kappa shape index (κ3) is 15.9. The Hall–Kier alpha value is -1.46. The molecular weight excluding hydrogens is 402 g/mol. The first-order valence-electron chi connectivity index (χ1n) is 11.5. The molecule has 0 spiro atoms. The second kappa shape index (κ2) is 18.1. The van der Waals surface area contributed by atoms with Crippen molar-refractivity contribution < 1.29 is 23.8 Å². The smallest absolute Gasteiger partial charge is 0.315 e. The maximum absolute atomic E-state index is 11.8. The van der Waals surface area contributed by atoms with Gasteiger partial charge in [0.25, 0.3) is 0 Å². The number of nitrogens with two attached hydrogens (primary N) is 1. The number of hydrogen-bond donors (Lipinski definition) is 5. The quantitative estimate of drug-likeness (QED) is 0.168.